The van der Waals surface area contributed by atoms with E-state index >= 15 is 0 Å². The number of nitrogens with zero attached hydrogens (tertiary/aromatic N) is 4. The van der Waals surface area contributed by atoms with Gasteiger partial charge in [0.1, 0.15) is 6.33 Å². The van der Waals surface area contributed by atoms with Crippen molar-refractivity contribution in [2.45, 2.75) is 56.8 Å². The molecule has 3 N–H and O–H groups in total. The van der Waals surface area contributed by atoms with Gasteiger partial charge in [0.25, 0.3) is 0 Å². The van der Waals surface area contributed by atoms with Crippen LogP contribution in [0.15, 0.2) is 55.1 Å². The summed E-state index contributed by atoms with van der Waals surface area (Å²) in [5.74, 6) is -0.245. The highest BCUT2D eigenvalue weighted by atomic mass is 16.5. The second-order valence-electron chi connectivity index (χ2n) is 9.42. The third-order valence-corrected chi connectivity index (χ3v) is 6.40. The van der Waals surface area contributed by atoms with Crippen molar-refractivity contribution in [3.63, 3.8) is 0 Å². The molecule has 188 valence electrons. The summed E-state index contributed by atoms with van der Waals surface area (Å²) < 4.78 is 12.9. The Hall–Kier alpha value is -3.67. The van der Waals surface area contributed by atoms with Gasteiger partial charge in [-0.1, -0.05) is 30.3 Å². The van der Waals surface area contributed by atoms with E-state index in [1.807, 2.05) is 48.7 Å². The molecule has 2 saturated heterocycles. The number of ether oxygens (including phenoxy) is 2. The van der Waals surface area contributed by atoms with Gasteiger partial charge in [0.05, 0.1) is 37.3 Å². The lowest BCUT2D eigenvalue weighted by atomic mass is 10.1. The highest BCUT2D eigenvalue weighted by Gasteiger charge is 2.52. The molecule has 4 unspecified atom stereocenters. The molecule has 4 heterocycles. The molecule has 2 aliphatic heterocycles. The fourth-order valence-corrected chi connectivity index (χ4v) is 4.79. The Morgan fingerprint density at radius 2 is 1.94 bits per heavy atom. The highest BCUT2D eigenvalue weighted by molar-refractivity contribution is 5.96. The number of amides is 1. The van der Waals surface area contributed by atoms with Crippen LogP contribution in [0, 0.1) is 0 Å². The lowest BCUT2D eigenvalue weighted by molar-refractivity contribution is -0.135. The lowest BCUT2D eigenvalue weighted by Crippen LogP contribution is -2.47. The molecule has 5 rings (SSSR count). The van der Waals surface area contributed by atoms with Crippen molar-refractivity contribution in [1.82, 2.24) is 30.2 Å². The largest absolute Gasteiger partial charge is 0.466 e. The molecule has 3 aromatic rings. The van der Waals surface area contributed by atoms with E-state index in [2.05, 4.69) is 30.9 Å². The SMILES string of the molecule is COC(=O)/C=C/C1OC(n2cnc3c(NC(=O)CCc4ccccc4)ncnc32)C2NC(C)(C)NC12. The maximum atomic E-state index is 12.6. The molecule has 2 aliphatic rings. The van der Waals surface area contributed by atoms with Crippen LogP contribution in [0.1, 0.15) is 32.1 Å². The fraction of sp³-hybridized carbons (Fsp3) is 0.400. The van der Waals surface area contributed by atoms with Crippen molar-refractivity contribution in [2.24, 2.45) is 0 Å². The van der Waals surface area contributed by atoms with Crippen molar-refractivity contribution < 1.29 is 19.1 Å². The summed E-state index contributed by atoms with van der Waals surface area (Å²) in [5, 5.41) is 9.95. The predicted molar refractivity (Wildman–Crippen MR) is 132 cm³/mol. The van der Waals surface area contributed by atoms with Crippen LogP contribution >= 0.6 is 0 Å². The molecule has 1 amide bonds. The first kappa shape index (κ1) is 24.0. The van der Waals surface area contributed by atoms with E-state index in [4.69, 9.17) is 9.47 Å². The first-order chi connectivity index (χ1) is 17.3. The van der Waals surface area contributed by atoms with Gasteiger partial charge in [0.2, 0.25) is 5.91 Å². The fourth-order valence-electron chi connectivity index (χ4n) is 4.79. The van der Waals surface area contributed by atoms with Crippen LogP contribution < -0.4 is 16.0 Å². The van der Waals surface area contributed by atoms with E-state index in [1.54, 1.807) is 12.4 Å². The molecule has 0 radical (unpaired) electrons. The number of fused-ring (bicyclic) bond motifs is 2. The number of nitrogens with one attached hydrogen (secondary N) is 3. The Morgan fingerprint density at radius 3 is 2.72 bits per heavy atom. The number of imidazole rings is 1. The van der Waals surface area contributed by atoms with E-state index < -0.39 is 12.2 Å². The van der Waals surface area contributed by atoms with Gasteiger partial charge in [-0.15, -0.1) is 0 Å². The third kappa shape index (κ3) is 4.85. The van der Waals surface area contributed by atoms with Crippen LogP contribution in [0.2, 0.25) is 0 Å². The minimum Gasteiger partial charge on any atom is -0.466 e. The molecular weight excluding hydrogens is 462 g/mol. The van der Waals surface area contributed by atoms with Gasteiger partial charge >= 0.3 is 5.97 Å². The molecule has 2 aromatic heterocycles. The van der Waals surface area contributed by atoms with E-state index in [9.17, 15) is 9.59 Å². The zero-order valence-electron chi connectivity index (χ0n) is 20.3. The van der Waals surface area contributed by atoms with Gasteiger partial charge in [0, 0.05) is 12.5 Å². The summed E-state index contributed by atoms with van der Waals surface area (Å²) in [7, 11) is 1.33. The number of aryl methyl sites for hydroxylation is 1. The van der Waals surface area contributed by atoms with Crippen LogP contribution in [-0.4, -0.2) is 62.4 Å². The summed E-state index contributed by atoms with van der Waals surface area (Å²) in [5.41, 5.74) is 1.77. The molecular formula is C25H29N7O4. The van der Waals surface area contributed by atoms with Crippen LogP contribution in [0.25, 0.3) is 11.2 Å². The number of anilines is 1. The summed E-state index contributed by atoms with van der Waals surface area (Å²) in [6.45, 7) is 4.08. The topological polar surface area (TPSA) is 132 Å². The van der Waals surface area contributed by atoms with Crippen LogP contribution in [0.5, 0.6) is 0 Å². The number of carbonyl (C=O) groups is 2. The smallest absolute Gasteiger partial charge is 0.330 e. The number of carbonyl (C=O) groups excluding carboxylic acids is 2. The van der Waals surface area contributed by atoms with Gasteiger partial charge in [-0.05, 0) is 31.9 Å². The van der Waals surface area contributed by atoms with E-state index in [0.29, 0.717) is 29.8 Å². The molecule has 0 saturated carbocycles. The van der Waals surface area contributed by atoms with Crippen molar-refractivity contribution in [2.75, 3.05) is 12.4 Å². The molecule has 36 heavy (non-hydrogen) atoms. The van der Waals surface area contributed by atoms with Crippen LogP contribution in [0.3, 0.4) is 0 Å². The molecule has 4 atom stereocenters. The van der Waals surface area contributed by atoms with Crippen LogP contribution in [-0.2, 0) is 25.5 Å². The summed E-state index contributed by atoms with van der Waals surface area (Å²) >= 11 is 0. The van der Waals surface area contributed by atoms with Gasteiger partial charge in [0.15, 0.2) is 23.2 Å². The quantitative estimate of drug-likeness (QED) is 0.334. The molecule has 0 spiro atoms. The lowest BCUT2D eigenvalue weighted by Gasteiger charge is -2.25. The molecule has 2 fully saturated rings. The molecule has 0 bridgehead atoms. The Bertz CT molecular complexity index is 1290. The first-order valence-corrected chi connectivity index (χ1v) is 11.8. The van der Waals surface area contributed by atoms with Crippen LogP contribution in [0.4, 0.5) is 5.82 Å². The number of methoxy groups -OCH3 is 1. The van der Waals surface area contributed by atoms with Crippen molar-refractivity contribution in [1.29, 1.82) is 0 Å². The summed E-state index contributed by atoms with van der Waals surface area (Å²) in [4.78, 5) is 37.5. The molecule has 11 nitrogen and oxygen atoms in total. The zero-order valence-corrected chi connectivity index (χ0v) is 20.3. The number of aromatic nitrogens is 4. The summed E-state index contributed by atoms with van der Waals surface area (Å²) in [6.07, 6.45) is 6.22. The van der Waals surface area contributed by atoms with E-state index in [0.717, 1.165) is 5.56 Å². The minimum atomic E-state index is -0.460. The number of rotatable bonds is 7. The molecule has 1 aromatic carbocycles. The minimum absolute atomic E-state index is 0.0950. The van der Waals surface area contributed by atoms with Crippen molar-refractivity contribution in [3.05, 3.63) is 60.7 Å². The highest BCUT2D eigenvalue weighted by Crippen LogP contribution is 2.37. The van der Waals surface area contributed by atoms with Crippen molar-refractivity contribution >= 4 is 28.9 Å². The Kier molecular flexibility index (Phi) is 6.52. The van der Waals surface area contributed by atoms with Gasteiger partial charge in [-0.25, -0.2) is 19.7 Å². The molecule has 11 heteroatoms. The monoisotopic (exact) mass is 491 g/mol. The van der Waals surface area contributed by atoms with E-state index in [-0.39, 0.29) is 29.8 Å². The maximum Gasteiger partial charge on any atom is 0.330 e. The average molecular weight is 492 g/mol. The normalized spacial score (nSPS) is 24.8. The van der Waals surface area contributed by atoms with Gasteiger partial charge < -0.3 is 14.8 Å². The standard InChI is InChI=1S/C25H29N7O4/c1-25(2)30-19-16(10-12-18(34)35-3)36-24(20(19)31-25)32-14-28-21-22(26-13-27-23(21)32)29-17(33)11-9-15-7-5-4-6-8-15/h4-8,10,12-14,16,19-20,24,30-31H,9,11H2,1-3H3,(H,26,27,29,33)/b12-10+. The Morgan fingerprint density at radius 1 is 1.17 bits per heavy atom. The number of esters is 1. The second-order valence-corrected chi connectivity index (χ2v) is 9.42. The Labute approximate surface area is 208 Å². The maximum absolute atomic E-state index is 12.6. The van der Waals surface area contributed by atoms with Gasteiger partial charge in [-0.3, -0.25) is 20.0 Å². The summed E-state index contributed by atoms with van der Waals surface area (Å²) in [6, 6.07) is 9.63. The molecule has 0 aliphatic carbocycles. The Balaban J connectivity index is 1.37. The van der Waals surface area contributed by atoms with Gasteiger partial charge in [-0.2, -0.15) is 0 Å². The number of hydrogen-bond acceptors (Lipinski definition) is 9. The average Bonchev–Trinajstić information content (AvgIpc) is 3.53. The second kappa shape index (κ2) is 9.76. The van der Waals surface area contributed by atoms with Crippen molar-refractivity contribution in [3.8, 4) is 0 Å². The number of benzene rings is 1. The third-order valence-electron chi connectivity index (χ3n) is 6.40. The predicted octanol–water partition coefficient (Wildman–Crippen LogP) is 1.69. The zero-order chi connectivity index (χ0) is 25.3. The first-order valence-electron chi connectivity index (χ1n) is 11.8. The number of hydrogen-bond donors (Lipinski definition) is 3. The van der Waals surface area contributed by atoms with E-state index in [1.165, 1.54) is 19.5 Å².